The highest BCUT2D eigenvalue weighted by atomic mass is 35.5. The smallest absolute Gasteiger partial charge is 0.246 e. The van der Waals surface area contributed by atoms with Crippen LogP contribution in [0.25, 0.3) is 22.0 Å². The third kappa shape index (κ3) is 3.45. The van der Waals surface area contributed by atoms with Gasteiger partial charge in [-0.25, -0.2) is 9.97 Å². The number of carbonyl (C=O) groups excluding carboxylic acids is 1. The van der Waals surface area contributed by atoms with Crippen LogP contribution >= 0.6 is 11.6 Å². The molecule has 1 aliphatic rings. The highest BCUT2D eigenvalue weighted by molar-refractivity contribution is 6.34. The maximum atomic E-state index is 11.8. The molecule has 0 radical (unpaired) electrons. The quantitative estimate of drug-likeness (QED) is 0.630. The lowest BCUT2D eigenvalue weighted by molar-refractivity contribution is -0.126. The second kappa shape index (κ2) is 7.60. The van der Waals surface area contributed by atoms with E-state index in [1.165, 1.54) is 6.08 Å². The summed E-state index contributed by atoms with van der Waals surface area (Å²) in [6, 6.07) is 14.0. The first-order valence-corrected chi connectivity index (χ1v) is 9.64. The number of rotatable bonds is 3. The lowest BCUT2D eigenvalue weighted by Crippen LogP contribution is -2.48. The number of nitrogens with zero attached hydrogens (tertiary/aromatic N) is 4. The Labute approximate surface area is 169 Å². The summed E-state index contributed by atoms with van der Waals surface area (Å²) in [6.07, 6.45) is 1.37. The molecule has 0 saturated carbocycles. The number of aromatic nitrogens is 2. The largest absolute Gasteiger partial charge is 0.352 e. The Morgan fingerprint density at radius 1 is 1.11 bits per heavy atom. The summed E-state index contributed by atoms with van der Waals surface area (Å²) in [5.74, 6) is 1.56. The van der Waals surface area contributed by atoms with Crippen molar-refractivity contribution in [2.24, 2.45) is 0 Å². The Morgan fingerprint density at radius 3 is 2.50 bits per heavy atom. The molecule has 1 aromatic heterocycles. The van der Waals surface area contributed by atoms with Gasteiger partial charge in [0.25, 0.3) is 0 Å². The summed E-state index contributed by atoms with van der Waals surface area (Å²) < 4.78 is 0. The molecule has 0 N–H and O–H groups in total. The van der Waals surface area contributed by atoms with Crippen molar-refractivity contribution in [2.75, 3.05) is 31.1 Å². The van der Waals surface area contributed by atoms with E-state index in [2.05, 4.69) is 16.5 Å². The number of halogens is 1. The van der Waals surface area contributed by atoms with Crippen LogP contribution in [0.4, 0.5) is 5.82 Å². The van der Waals surface area contributed by atoms with E-state index in [0.717, 1.165) is 27.8 Å². The van der Waals surface area contributed by atoms with Gasteiger partial charge in [0.1, 0.15) is 11.6 Å². The third-order valence-corrected chi connectivity index (χ3v) is 5.34. The van der Waals surface area contributed by atoms with Gasteiger partial charge < -0.3 is 9.80 Å². The Balaban J connectivity index is 1.73. The van der Waals surface area contributed by atoms with E-state index in [9.17, 15) is 4.79 Å². The van der Waals surface area contributed by atoms with Crippen molar-refractivity contribution in [2.45, 2.75) is 6.92 Å². The predicted octanol–water partition coefficient (Wildman–Crippen LogP) is 4.09. The summed E-state index contributed by atoms with van der Waals surface area (Å²) in [4.78, 5) is 25.2. The highest BCUT2D eigenvalue weighted by Crippen LogP contribution is 2.35. The number of piperazine rings is 1. The standard InChI is InChI=1S/C22H21ClN4O/c1-3-21(28)26-9-11-27(12-10-26)22-18-13-19(23)17(16-7-5-4-6-8-16)14-20(18)24-15(2)25-22/h3-8,13-14H,1,9-12H2,2H3. The fraction of sp³-hybridized carbons (Fsp3) is 0.227. The zero-order valence-electron chi connectivity index (χ0n) is 15.7. The number of hydrogen-bond acceptors (Lipinski definition) is 4. The molecule has 2 aromatic carbocycles. The van der Waals surface area contributed by atoms with Gasteiger partial charge in [0.05, 0.1) is 5.52 Å². The number of anilines is 1. The fourth-order valence-corrected chi connectivity index (χ4v) is 3.87. The van der Waals surface area contributed by atoms with E-state index >= 15 is 0 Å². The van der Waals surface area contributed by atoms with Crippen LogP contribution in [0.3, 0.4) is 0 Å². The van der Waals surface area contributed by atoms with Gasteiger partial charge in [0, 0.05) is 42.2 Å². The Bertz CT molecular complexity index is 1040. The summed E-state index contributed by atoms with van der Waals surface area (Å²) in [5, 5.41) is 1.60. The summed E-state index contributed by atoms with van der Waals surface area (Å²) in [6.45, 7) is 8.18. The van der Waals surface area contributed by atoms with E-state index in [1.807, 2.05) is 49.4 Å². The predicted molar refractivity (Wildman–Crippen MR) is 114 cm³/mol. The first-order valence-electron chi connectivity index (χ1n) is 9.26. The molecule has 1 aliphatic heterocycles. The van der Waals surface area contributed by atoms with Crippen molar-refractivity contribution >= 4 is 34.2 Å². The molecule has 1 amide bonds. The minimum atomic E-state index is -0.0288. The minimum absolute atomic E-state index is 0.0288. The molecule has 4 rings (SSSR count). The number of carbonyl (C=O) groups is 1. The van der Waals surface area contributed by atoms with Gasteiger partial charge in [-0.2, -0.15) is 0 Å². The van der Waals surface area contributed by atoms with E-state index in [1.54, 1.807) is 4.90 Å². The van der Waals surface area contributed by atoms with E-state index < -0.39 is 0 Å². The van der Waals surface area contributed by atoms with Crippen LogP contribution in [0.15, 0.2) is 55.1 Å². The normalized spacial score (nSPS) is 14.4. The number of amides is 1. The van der Waals surface area contributed by atoms with Crippen LogP contribution in [-0.4, -0.2) is 47.0 Å². The van der Waals surface area contributed by atoms with Crippen molar-refractivity contribution in [1.29, 1.82) is 0 Å². The average Bonchev–Trinajstić information content (AvgIpc) is 2.73. The number of hydrogen-bond donors (Lipinski definition) is 0. The zero-order valence-corrected chi connectivity index (χ0v) is 16.5. The zero-order chi connectivity index (χ0) is 19.7. The molecule has 1 fully saturated rings. The van der Waals surface area contributed by atoms with Crippen LogP contribution in [0.2, 0.25) is 5.02 Å². The second-order valence-corrected chi connectivity index (χ2v) is 7.23. The van der Waals surface area contributed by atoms with Gasteiger partial charge in [0.15, 0.2) is 0 Å². The third-order valence-electron chi connectivity index (χ3n) is 5.03. The molecule has 0 atom stereocenters. The van der Waals surface area contributed by atoms with Crippen LogP contribution < -0.4 is 4.90 Å². The monoisotopic (exact) mass is 392 g/mol. The minimum Gasteiger partial charge on any atom is -0.352 e. The van der Waals surface area contributed by atoms with Crippen molar-refractivity contribution in [3.63, 3.8) is 0 Å². The number of fused-ring (bicyclic) bond motifs is 1. The van der Waals surface area contributed by atoms with E-state index in [0.29, 0.717) is 37.0 Å². The van der Waals surface area contributed by atoms with E-state index in [4.69, 9.17) is 16.6 Å². The maximum absolute atomic E-state index is 11.8. The molecular formula is C22H21ClN4O. The molecule has 2 heterocycles. The molecule has 6 heteroatoms. The Kier molecular flexibility index (Phi) is 5.01. The SMILES string of the molecule is C=CC(=O)N1CCN(c2nc(C)nc3cc(-c4ccccc4)c(Cl)cc23)CC1. The first-order chi connectivity index (χ1) is 13.6. The molecule has 5 nitrogen and oxygen atoms in total. The van der Waals surface area contributed by atoms with Crippen molar-refractivity contribution in [1.82, 2.24) is 14.9 Å². The molecule has 3 aromatic rings. The fourth-order valence-electron chi connectivity index (χ4n) is 3.59. The average molecular weight is 393 g/mol. The van der Waals surface area contributed by atoms with Crippen molar-refractivity contribution < 1.29 is 4.79 Å². The lowest BCUT2D eigenvalue weighted by atomic mass is 10.0. The molecule has 0 bridgehead atoms. The summed E-state index contributed by atoms with van der Waals surface area (Å²) in [5.41, 5.74) is 2.89. The molecule has 0 spiro atoms. The van der Waals surface area contributed by atoms with Crippen LogP contribution in [0.1, 0.15) is 5.82 Å². The number of benzene rings is 2. The van der Waals surface area contributed by atoms with Gasteiger partial charge in [0.2, 0.25) is 5.91 Å². The van der Waals surface area contributed by atoms with Crippen LogP contribution in [-0.2, 0) is 4.79 Å². The lowest BCUT2D eigenvalue weighted by Gasteiger charge is -2.35. The molecule has 142 valence electrons. The summed E-state index contributed by atoms with van der Waals surface area (Å²) in [7, 11) is 0. The number of aryl methyl sites for hydroxylation is 1. The highest BCUT2D eigenvalue weighted by Gasteiger charge is 2.23. The topological polar surface area (TPSA) is 49.3 Å². The van der Waals surface area contributed by atoms with Crippen LogP contribution in [0, 0.1) is 6.92 Å². The van der Waals surface area contributed by atoms with Gasteiger partial charge in [-0.3, -0.25) is 4.79 Å². The van der Waals surface area contributed by atoms with Crippen molar-refractivity contribution in [3.8, 4) is 11.1 Å². The summed E-state index contributed by atoms with van der Waals surface area (Å²) >= 11 is 6.63. The van der Waals surface area contributed by atoms with Gasteiger partial charge in [-0.15, -0.1) is 0 Å². The molecule has 0 unspecified atom stereocenters. The second-order valence-electron chi connectivity index (χ2n) is 6.83. The molecular weight excluding hydrogens is 372 g/mol. The molecule has 0 aliphatic carbocycles. The Morgan fingerprint density at radius 2 is 1.82 bits per heavy atom. The van der Waals surface area contributed by atoms with Crippen molar-refractivity contribution in [3.05, 3.63) is 66.0 Å². The van der Waals surface area contributed by atoms with Crippen LogP contribution in [0.5, 0.6) is 0 Å². The van der Waals surface area contributed by atoms with Gasteiger partial charge >= 0.3 is 0 Å². The molecule has 1 saturated heterocycles. The van der Waals surface area contributed by atoms with Gasteiger partial charge in [-0.05, 0) is 30.7 Å². The maximum Gasteiger partial charge on any atom is 0.246 e. The first kappa shape index (κ1) is 18.4. The van der Waals surface area contributed by atoms with E-state index in [-0.39, 0.29) is 5.91 Å². The Hall–Kier alpha value is -2.92. The molecule has 28 heavy (non-hydrogen) atoms. The van der Waals surface area contributed by atoms with Gasteiger partial charge in [-0.1, -0.05) is 48.5 Å².